The van der Waals surface area contributed by atoms with Crippen LogP contribution in [0, 0.1) is 5.82 Å². The monoisotopic (exact) mass is 403 g/mol. The van der Waals surface area contributed by atoms with Crippen molar-refractivity contribution in [2.75, 3.05) is 13.1 Å². The Morgan fingerprint density at radius 3 is 2.67 bits per heavy atom. The molecular formula is C25H26FN3O. The molecule has 5 heteroatoms. The van der Waals surface area contributed by atoms with E-state index in [9.17, 15) is 9.18 Å². The van der Waals surface area contributed by atoms with Crippen molar-refractivity contribution in [1.82, 2.24) is 14.9 Å². The van der Waals surface area contributed by atoms with Gasteiger partial charge in [0.05, 0.1) is 16.6 Å². The van der Waals surface area contributed by atoms with Crippen molar-refractivity contribution in [2.24, 2.45) is 0 Å². The van der Waals surface area contributed by atoms with Gasteiger partial charge in [0.1, 0.15) is 17.0 Å². The third kappa shape index (κ3) is 2.48. The molecule has 3 aromatic rings. The zero-order chi connectivity index (χ0) is 20.3. The molecule has 6 rings (SSSR count). The summed E-state index contributed by atoms with van der Waals surface area (Å²) in [5, 5.41) is 3.55. The lowest BCUT2D eigenvalue weighted by atomic mass is 9.69. The zero-order valence-electron chi connectivity index (χ0n) is 17.1. The van der Waals surface area contributed by atoms with Gasteiger partial charge in [0, 0.05) is 0 Å². The molecule has 1 spiro atoms. The van der Waals surface area contributed by atoms with Crippen molar-refractivity contribution in [2.45, 2.75) is 56.3 Å². The summed E-state index contributed by atoms with van der Waals surface area (Å²) >= 11 is 0. The van der Waals surface area contributed by atoms with E-state index in [-0.39, 0.29) is 10.8 Å². The minimum Gasteiger partial charge on any atom is -0.317 e. The lowest BCUT2D eigenvalue weighted by molar-refractivity contribution is 0.338. The lowest BCUT2D eigenvalue weighted by Crippen LogP contribution is -2.32. The van der Waals surface area contributed by atoms with Crippen molar-refractivity contribution < 1.29 is 4.39 Å². The average molecular weight is 404 g/mol. The maximum absolute atomic E-state index is 14.6. The maximum Gasteiger partial charge on any atom is 0.283 e. The first-order chi connectivity index (χ1) is 14.7. The van der Waals surface area contributed by atoms with E-state index < -0.39 is 11.4 Å². The van der Waals surface area contributed by atoms with Gasteiger partial charge in [-0.25, -0.2) is 4.39 Å². The number of fused-ring (bicyclic) bond motifs is 7. The highest BCUT2D eigenvalue weighted by molar-refractivity contribution is 5.82. The number of aromatic nitrogens is 2. The number of rotatable bonds is 1. The summed E-state index contributed by atoms with van der Waals surface area (Å²) < 4.78 is 16.7. The van der Waals surface area contributed by atoms with Crippen molar-refractivity contribution in [1.29, 1.82) is 0 Å². The molecule has 1 saturated carbocycles. The van der Waals surface area contributed by atoms with E-state index >= 15 is 0 Å². The molecule has 3 heterocycles. The summed E-state index contributed by atoms with van der Waals surface area (Å²) in [6.45, 7) is 2.09. The highest BCUT2D eigenvalue weighted by atomic mass is 19.1. The molecule has 4 nitrogen and oxygen atoms in total. The van der Waals surface area contributed by atoms with Crippen molar-refractivity contribution >= 4 is 10.9 Å². The predicted octanol–water partition coefficient (Wildman–Crippen LogP) is 4.56. The first-order valence-electron chi connectivity index (χ1n) is 11.3. The van der Waals surface area contributed by atoms with E-state index in [1.54, 1.807) is 6.07 Å². The standard InChI is InChI=1S/C25H26FN3O/c26-19-5-4-6-20-22(19)23(30)28-24-25(11-2-1-3-12-25)18-8-7-17(15-21(18)29(20)24)16-9-13-27-14-10-16/h4-8,15-16,27H,1-3,9-14H2. The molecule has 1 N–H and O–H groups in total. The first-order valence-corrected chi connectivity index (χ1v) is 11.3. The molecular weight excluding hydrogens is 377 g/mol. The zero-order valence-corrected chi connectivity index (χ0v) is 17.1. The average Bonchev–Trinajstić information content (AvgIpc) is 3.04. The van der Waals surface area contributed by atoms with Gasteiger partial charge in [-0.15, -0.1) is 0 Å². The molecule has 0 unspecified atom stereocenters. The summed E-state index contributed by atoms with van der Waals surface area (Å²) in [5.41, 5.74) is 3.70. The van der Waals surface area contributed by atoms with Gasteiger partial charge in [0.15, 0.2) is 0 Å². The summed E-state index contributed by atoms with van der Waals surface area (Å²) in [6, 6.07) is 11.8. The molecule has 30 heavy (non-hydrogen) atoms. The minimum atomic E-state index is -0.485. The highest BCUT2D eigenvalue weighted by Crippen LogP contribution is 2.52. The Balaban J connectivity index is 1.65. The van der Waals surface area contributed by atoms with E-state index in [1.165, 1.54) is 23.6 Å². The number of halogens is 1. The fourth-order valence-electron chi connectivity index (χ4n) is 6.11. The Kier molecular flexibility index (Phi) is 4.10. The van der Waals surface area contributed by atoms with Crippen LogP contribution >= 0.6 is 0 Å². The molecule has 1 saturated heterocycles. The third-order valence-electron chi connectivity index (χ3n) is 7.59. The largest absolute Gasteiger partial charge is 0.317 e. The summed E-state index contributed by atoms with van der Waals surface area (Å²) in [4.78, 5) is 17.4. The molecule has 2 aliphatic heterocycles. The van der Waals surface area contributed by atoms with Crippen LogP contribution in [0.5, 0.6) is 0 Å². The second-order valence-electron chi connectivity index (χ2n) is 9.15. The van der Waals surface area contributed by atoms with E-state index in [0.29, 0.717) is 11.4 Å². The van der Waals surface area contributed by atoms with Crippen molar-refractivity contribution in [3.05, 3.63) is 69.5 Å². The van der Waals surface area contributed by atoms with Crippen LogP contribution in [-0.2, 0) is 5.41 Å². The summed E-state index contributed by atoms with van der Waals surface area (Å²) in [7, 11) is 0. The molecule has 1 aliphatic carbocycles. The number of piperidine rings is 1. The molecule has 0 amide bonds. The van der Waals surface area contributed by atoms with Crippen LogP contribution < -0.4 is 10.9 Å². The Morgan fingerprint density at radius 1 is 1.07 bits per heavy atom. The SMILES string of the molecule is O=c1nc2n(c3cccc(F)c13)-c1cc(C3CCNCC3)ccc1C21CCCCC1. The van der Waals surface area contributed by atoms with Crippen molar-refractivity contribution in [3.63, 3.8) is 0 Å². The van der Waals surface area contributed by atoms with Crippen LogP contribution in [0.15, 0.2) is 41.2 Å². The fraction of sp³-hybridized carbons (Fsp3) is 0.440. The maximum atomic E-state index is 14.6. The Hall–Kier alpha value is -2.53. The second-order valence-corrected chi connectivity index (χ2v) is 9.15. The number of hydrogen-bond acceptors (Lipinski definition) is 3. The molecule has 2 aromatic carbocycles. The Labute approximate surface area is 175 Å². The number of nitrogens with one attached hydrogen (secondary N) is 1. The van der Waals surface area contributed by atoms with E-state index in [0.717, 1.165) is 63.1 Å². The molecule has 1 aromatic heterocycles. The number of benzene rings is 2. The van der Waals surface area contributed by atoms with Gasteiger partial charge >= 0.3 is 0 Å². The van der Waals surface area contributed by atoms with Crippen LogP contribution in [0.1, 0.15) is 67.8 Å². The van der Waals surface area contributed by atoms with Crippen LogP contribution in [0.3, 0.4) is 0 Å². The van der Waals surface area contributed by atoms with Crippen LogP contribution in [0.4, 0.5) is 4.39 Å². The van der Waals surface area contributed by atoms with Gasteiger partial charge in [0.2, 0.25) is 0 Å². The predicted molar refractivity (Wildman–Crippen MR) is 116 cm³/mol. The Bertz CT molecular complexity index is 1200. The van der Waals surface area contributed by atoms with E-state index in [2.05, 4.69) is 33.1 Å². The summed E-state index contributed by atoms with van der Waals surface area (Å²) in [5.74, 6) is 0.877. The topological polar surface area (TPSA) is 46.9 Å². The number of hydrogen-bond donors (Lipinski definition) is 1. The molecule has 0 atom stereocenters. The smallest absolute Gasteiger partial charge is 0.283 e. The normalized spacial score (nSPS) is 20.4. The van der Waals surface area contributed by atoms with Crippen LogP contribution in [-0.4, -0.2) is 22.6 Å². The molecule has 2 fully saturated rings. The van der Waals surface area contributed by atoms with E-state index in [1.807, 2.05) is 6.07 Å². The summed E-state index contributed by atoms with van der Waals surface area (Å²) in [6.07, 6.45) is 7.75. The Morgan fingerprint density at radius 2 is 1.87 bits per heavy atom. The quantitative estimate of drug-likeness (QED) is 0.648. The lowest BCUT2D eigenvalue weighted by Gasteiger charge is -2.33. The van der Waals surface area contributed by atoms with Gasteiger partial charge < -0.3 is 5.32 Å². The van der Waals surface area contributed by atoms with Gasteiger partial charge in [0.25, 0.3) is 5.56 Å². The third-order valence-corrected chi connectivity index (χ3v) is 7.59. The van der Waals surface area contributed by atoms with Gasteiger partial charge in [-0.1, -0.05) is 37.5 Å². The first kappa shape index (κ1) is 18.3. The minimum absolute atomic E-state index is 0.104. The molecule has 0 bridgehead atoms. The molecule has 154 valence electrons. The fourth-order valence-corrected chi connectivity index (χ4v) is 6.11. The molecule has 0 radical (unpaired) electrons. The van der Waals surface area contributed by atoms with Crippen LogP contribution in [0.25, 0.3) is 16.6 Å². The number of nitrogens with zero attached hydrogens (tertiary/aromatic N) is 2. The van der Waals surface area contributed by atoms with E-state index in [4.69, 9.17) is 0 Å². The molecule has 3 aliphatic rings. The second kappa shape index (κ2) is 6.74. The van der Waals surface area contributed by atoms with Crippen molar-refractivity contribution in [3.8, 4) is 5.69 Å². The van der Waals surface area contributed by atoms with Gasteiger partial charge in [-0.05, 0) is 74.0 Å². The highest BCUT2D eigenvalue weighted by Gasteiger charge is 2.46. The van der Waals surface area contributed by atoms with Gasteiger partial charge in [-0.3, -0.25) is 9.36 Å². The van der Waals surface area contributed by atoms with Gasteiger partial charge in [-0.2, -0.15) is 4.98 Å². The van der Waals surface area contributed by atoms with Crippen LogP contribution in [0.2, 0.25) is 0 Å².